The molecule has 0 saturated carbocycles. The highest BCUT2D eigenvalue weighted by molar-refractivity contribution is 5.79. The molecule has 4 aromatic rings. The van der Waals surface area contributed by atoms with E-state index in [1.807, 2.05) is 16.9 Å². The number of carbonyl (C=O) groups is 1. The maximum absolute atomic E-state index is 12.8. The Hall–Kier alpha value is -3.74. The van der Waals surface area contributed by atoms with E-state index in [1.165, 1.54) is 22.0 Å². The Labute approximate surface area is 185 Å². The number of nitrogens with zero attached hydrogens (tertiary/aromatic N) is 4. The Balaban J connectivity index is 1.38. The van der Waals surface area contributed by atoms with E-state index >= 15 is 0 Å². The van der Waals surface area contributed by atoms with Crippen molar-refractivity contribution in [1.82, 2.24) is 24.6 Å². The van der Waals surface area contributed by atoms with Gasteiger partial charge < -0.3 is 5.32 Å². The molecule has 7 heteroatoms. The van der Waals surface area contributed by atoms with Gasteiger partial charge in [-0.2, -0.15) is 5.10 Å². The summed E-state index contributed by atoms with van der Waals surface area (Å²) in [6.45, 7) is 4.10. The number of aryl methyl sites for hydroxylation is 2. The molecule has 7 nitrogen and oxygen atoms in total. The van der Waals surface area contributed by atoms with E-state index in [-0.39, 0.29) is 24.1 Å². The maximum atomic E-state index is 12.8. The van der Waals surface area contributed by atoms with Gasteiger partial charge in [0.2, 0.25) is 5.91 Å². The molecule has 1 atom stereocenters. The minimum absolute atomic E-state index is 0.0618. The number of rotatable bonds is 4. The van der Waals surface area contributed by atoms with Crippen LogP contribution in [0.3, 0.4) is 0 Å². The molecule has 2 aromatic heterocycles. The Morgan fingerprint density at radius 2 is 1.94 bits per heavy atom. The average molecular weight is 428 g/mol. The van der Waals surface area contributed by atoms with Gasteiger partial charge in [0.1, 0.15) is 6.54 Å². The van der Waals surface area contributed by atoms with Crippen molar-refractivity contribution in [2.24, 2.45) is 0 Å². The van der Waals surface area contributed by atoms with Gasteiger partial charge in [-0.25, -0.2) is 9.67 Å². The van der Waals surface area contributed by atoms with Gasteiger partial charge in [0.15, 0.2) is 0 Å². The Morgan fingerprint density at radius 1 is 1.16 bits per heavy atom. The van der Waals surface area contributed by atoms with Gasteiger partial charge in [0.05, 0.1) is 35.2 Å². The van der Waals surface area contributed by atoms with E-state index in [2.05, 4.69) is 47.4 Å². The Kier molecular flexibility index (Phi) is 5.09. The summed E-state index contributed by atoms with van der Waals surface area (Å²) in [5.41, 5.74) is 6.04. The number of hydrogen-bond donors (Lipinski definition) is 1. The van der Waals surface area contributed by atoms with Gasteiger partial charge in [-0.3, -0.25) is 14.2 Å². The smallest absolute Gasteiger partial charge is 0.261 e. The van der Waals surface area contributed by atoms with Crippen LogP contribution in [0.25, 0.3) is 16.6 Å². The largest absolute Gasteiger partial charge is 0.348 e. The minimum atomic E-state index is -0.210. The number of aromatic nitrogens is 4. The first-order valence-corrected chi connectivity index (χ1v) is 10.9. The second-order valence-electron chi connectivity index (χ2n) is 8.51. The van der Waals surface area contributed by atoms with Crippen LogP contribution in [0.15, 0.2) is 59.8 Å². The van der Waals surface area contributed by atoms with Crippen molar-refractivity contribution < 1.29 is 4.79 Å². The van der Waals surface area contributed by atoms with Gasteiger partial charge in [-0.05, 0) is 68.5 Å². The van der Waals surface area contributed by atoms with Crippen LogP contribution in [-0.4, -0.2) is 25.2 Å². The molecule has 32 heavy (non-hydrogen) atoms. The second kappa shape index (κ2) is 8.07. The van der Waals surface area contributed by atoms with Gasteiger partial charge >= 0.3 is 0 Å². The third-order valence-corrected chi connectivity index (χ3v) is 6.01. The molecular weight excluding hydrogens is 402 g/mol. The van der Waals surface area contributed by atoms with E-state index in [0.29, 0.717) is 10.9 Å². The predicted molar refractivity (Wildman–Crippen MR) is 123 cm³/mol. The van der Waals surface area contributed by atoms with Gasteiger partial charge in [-0.1, -0.05) is 18.2 Å². The normalized spacial score (nSPS) is 15.5. The number of fused-ring (bicyclic) bond motifs is 2. The second-order valence-corrected chi connectivity index (χ2v) is 8.51. The van der Waals surface area contributed by atoms with E-state index in [0.717, 1.165) is 36.2 Å². The summed E-state index contributed by atoms with van der Waals surface area (Å²) in [7, 11) is 0. The molecule has 0 saturated heterocycles. The third-order valence-electron chi connectivity index (χ3n) is 6.01. The fraction of sp³-hybridized carbons (Fsp3) is 0.280. The standard InChI is InChI=1S/C25H25N5O2/c1-16-10-17(2)12-18(11-16)30-23-9-5-8-22(20(23)13-27-30)28-24(31)14-29-15-26-21-7-4-3-6-19(21)25(29)32/h3-4,6-7,10-13,15,22H,5,8-9,14H2,1-2H3,(H,28,31). The van der Waals surface area contributed by atoms with Crippen molar-refractivity contribution in [3.05, 3.63) is 87.7 Å². The van der Waals surface area contributed by atoms with Crippen molar-refractivity contribution in [3.63, 3.8) is 0 Å². The molecule has 0 fully saturated rings. The third kappa shape index (κ3) is 3.70. The summed E-state index contributed by atoms with van der Waals surface area (Å²) in [6, 6.07) is 13.4. The molecule has 1 aliphatic carbocycles. The highest BCUT2D eigenvalue weighted by atomic mass is 16.2. The summed E-state index contributed by atoms with van der Waals surface area (Å²) < 4.78 is 3.35. The quantitative estimate of drug-likeness (QED) is 0.541. The molecule has 2 heterocycles. The average Bonchev–Trinajstić information content (AvgIpc) is 3.20. The molecule has 1 aliphatic rings. The fourth-order valence-corrected chi connectivity index (χ4v) is 4.62. The van der Waals surface area contributed by atoms with E-state index in [4.69, 9.17) is 0 Å². The Bertz CT molecular complexity index is 1360. The maximum Gasteiger partial charge on any atom is 0.261 e. The Morgan fingerprint density at radius 3 is 2.75 bits per heavy atom. The molecule has 0 aliphatic heterocycles. The molecular formula is C25H25N5O2. The predicted octanol–water partition coefficient (Wildman–Crippen LogP) is 3.39. The summed E-state index contributed by atoms with van der Waals surface area (Å²) in [6.07, 6.45) is 6.03. The van der Waals surface area contributed by atoms with Crippen LogP contribution >= 0.6 is 0 Å². The number of carbonyl (C=O) groups excluding carboxylic acids is 1. The van der Waals surface area contributed by atoms with Crippen LogP contribution in [0.4, 0.5) is 0 Å². The van der Waals surface area contributed by atoms with Crippen LogP contribution in [-0.2, 0) is 17.8 Å². The molecule has 2 aromatic carbocycles. The highest BCUT2D eigenvalue weighted by Crippen LogP contribution is 2.31. The summed E-state index contributed by atoms with van der Waals surface area (Å²) >= 11 is 0. The van der Waals surface area contributed by atoms with Crippen molar-refractivity contribution >= 4 is 16.8 Å². The molecule has 1 amide bonds. The van der Waals surface area contributed by atoms with Crippen LogP contribution in [0.2, 0.25) is 0 Å². The van der Waals surface area contributed by atoms with E-state index in [9.17, 15) is 9.59 Å². The fourth-order valence-electron chi connectivity index (χ4n) is 4.62. The lowest BCUT2D eigenvalue weighted by Gasteiger charge is -2.24. The van der Waals surface area contributed by atoms with Crippen molar-refractivity contribution in [1.29, 1.82) is 0 Å². The highest BCUT2D eigenvalue weighted by Gasteiger charge is 2.26. The number of hydrogen-bond acceptors (Lipinski definition) is 4. The summed E-state index contributed by atoms with van der Waals surface area (Å²) in [4.78, 5) is 29.8. The summed E-state index contributed by atoms with van der Waals surface area (Å²) in [5, 5.41) is 8.26. The first kappa shape index (κ1) is 20.2. The van der Waals surface area contributed by atoms with Crippen LogP contribution in [0.1, 0.15) is 41.3 Å². The molecule has 1 N–H and O–H groups in total. The lowest BCUT2D eigenvalue weighted by molar-refractivity contribution is -0.122. The molecule has 0 spiro atoms. The number of benzene rings is 2. The van der Waals surface area contributed by atoms with Crippen LogP contribution in [0, 0.1) is 13.8 Å². The zero-order valence-electron chi connectivity index (χ0n) is 18.2. The lowest BCUT2D eigenvalue weighted by Crippen LogP contribution is -2.36. The van der Waals surface area contributed by atoms with Gasteiger partial charge in [0.25, 0.3) is 5.56 Å². The number of nitrogens with one attached hydrogen (secondary N) is 1. The molecule has 0 radical (unpaired) electrons. The monoisotopic (exact) mass is 427 g/mol. The van der Waals surface area contributed by atoms with Crippen LogP contribution in [0.5, 0.6) is 0 Å². The molecule has 162 valence electrons. The first-order valence-electron chi connectivity index (χ1n) is 10.9. The van der Waals surface area contributed by atoms with Crippen LogP contribution < -0.4 is 10.9 Å². The number of para-hydroxylation sites is 1. The summed E-state index contributed by atoms with van der Waals surface area (Å²) in [5.74, 6) is -0.207. The number of amides is 1. The zero-order valence-corrected chi connectivity index (χ0v) is 18.2. The van der Waals surface area contributed by atoms with E-state index < -0.39 is 0 Å². The topological polar surface area (TPSA) is 81.8 Å². The first-order chi connectivity index (χ1) is 15.5. The zero-order chi connectivity index (χ0) is 22.2. The van der Waals surface area contributed by atoms with Crippen molar-refractivity contribution in [2.45, 2.75) is 45.7 Å². The molecule has 1 unspecified atom stereocenters. The lowest BCUT2D eigenvalue weighted by atomic mass is 9.92. The minimum Gasteiger partial charge on any atom is -0.348 e. The van der Waals surface area contributed by atoms with Gasteiger partial charge in [-0.15, -0.1) is 0 Å². The van der Waals surface area contributed by atoms with E-state index in [1.54, 1.807) is 18.2 Å². The molecule has 0 bridgehead atoms. The molecule has 5 rings (SSSR count). The SMILES string of the molecule is Cc1cc(C)cc(-n2ncc3c2CCCC3NC(=O)Cn2cnc3ccccc3c2=O)c1. The van der Waals surface area contributed by atoms with Crippen molar-refractivity contribution in [3.8, 4) is 5.69 Å². The van der Waals surface area contributed by atoms with Gasteiger partial charge in [0, 0.05) is 11.3 Å². The van der Waals surface area contributed by atoms with Crippen molar-refractivity contribution in [2.75, 3.05) is 0 Å².